The number of pyridine rings is 1. The van der Waals surface area contributed by atoms with Crippen molar-refractivity contribution in [2.24, 2.45) is 5.14 Å². The molecule has 0 amide bonds. The van der Waals surface area contributed by atoms with Crippen LogP contribution in [0.3, 0.4) is 0 Å². The van der Waals surface area contributed by atoms with Gasteiger partial charge in [0.2, 0.25) is 10.0 Å². The van der Waals surface area contributed by atoms with Gasteiger partial charge in [0.1, 0.15) is 11.5 Å². The van der Waals surface area contributed by atoms with E-state index in [2.05, 4.69) is 10.1 Å². The molecule has 152 valence electrons. The molecule has 0 spiro atoms. The van der Waals surface area contributed by atoms with Gasteiger partial charge in [-0.05, 0) is 35.9 Å². The highest BCUT2D eigenvalue weighted by Gasteiger charge is 2.21. The average molecular weight is 422 g/mol. The molecule has 2 N–H and O–H groups in total. The lowest BCUT2D eigenvalue weighted by Gasteiger charge is -2.08. The van der Waals surface area contributed by atoms with Crippen LogP contribution in [0.25, 0.3) is 22.4 Å². The number of hydrogen-bond acceptors (Lipinski definition) is 4. The Hall–Kier alpha value is -3.36. The van der Waals surface area contributed by atoms with Gasteiger partial charge in [-0.3, -0.25) is 9.67 Å². The van der Waals surface area contributed by atoms with Gasteiger partial charge in [-0.2, -0.15) is 5.10 Å². The smallest absolute Gasteiger partial charge is 0.238 e. The third kappa shape index (κ3) is 4.29. The summed E-state index contributed by atoms with van der Waals surface area (Å²) in [6.45, 7) is 0.544. The first-order chi connectivity index (χ1) is 14.4. The van der Waals surface area contributed by atoms with Crippen molar-refractivity contribution in [2.45, 2.75) is 17.9 Å². The van der Waals surface area contributed by atoms with E-state index in [4.69, 9.17) is 5.14 Å². The van der Waals surface area contributed by atoms with Crippen LogP contribution in [-0.2, 0) is 23.0 Å². The zero-order valence-electron chi connectivity index (χ0n) is 15.9. The van der Waals surface area contributed by atoms with E-state index in [1.54, 1.807) is 41.2 Å². The van der Waals surface area contributed by atoms with Crippen molar-refractivity contribution in [3.8, 4) is 22.4 Å². The zero-order chi connectivity index (χ0) is 21.1. The molecule has 0 unspecified atom stereocenters. The Labute approximate surface area is 173 Å². The van der Waals surface area contributed by atoms with E-state index in [0.717, 1.165) is 11.3 Å². The number of nitrogens with zero attached hydrogens (tertiary/aromatic N) is 3. The van der Waals surface area contributed by atoms with Crippen molar-refractivity contribution in [3.05, 3.63) is 90.6 Å². The molecule has 0 aliphatic carbocycles. The molecule has 0 aliphatic heterocycles. The SMILES string of the molecule is NS(=O)(=O)c1ccccc1-c1nn(CCc2ccccn2)cc1-c1ccc(F)cc1. The average Bonchev–Trinajstić information content (AvgIpc) is 3.17. The van der Waals surface area contributed by atoms with Gasteiger partial charge in [0.05, 0.1) is 4.90 Å². The van der Waals surface area contributed by atoms with E-state index in [-0.39, 0.29) is 10.7 Å². The Morgan fingerprint density at radius 3 is 2.37 bits per heavy atom. The molecule has 0 bridgehead atoms. The molecule has 4 rings (SSSR count). The van der Waals surface area contributed by atoms with Gasteiger partial charge < -0.3 is 0 Å². The predicted octanol–water partition coefficient (Wildman–Crippen LogP) is 3.64. The summed E-state index contributed by atoms with van der Waals surface area (Å²) in [7, 11) is -3.95. The minimum absolute atomic E-state index is 0.0108. The van der Waals surface area contributed by atoms with Crippen molar-refractivity contribution in [2.75, 3.05) is 0 Å². The molecule has 2 aromatic heterocycles. The highest BCUT2D eigenvalue weighted by atomic mass is 32.2. The van der Waals surface area contributed by atoms with E-state index in [9.17, 15) is 12.8 Å². The molecule has 0 saturated carbocycles. The van der Waals surface area contributed by atoms with E-state index in [1.807, 2.05) is 24.4 Å². The first-order valence-electron chi connectivity index (χ1n) is 9.27. The molecule has 8 heteroatoms. The maximum Gasteiger partial charge on any atom is 0.238 e. The van der Waals surface area contributed by atoms with Crippen molar-refractivity contribution in [1.82, 2.24) is 14.8 Å². The predicted molar refractivity (Wildman–Crippen MR) is 112 cm³/mol. The van der Waals surface area contributed by atoms with Crippen molar-refractivity contribution in [1.29, 1.82) is 0 Å². The van der Waals surface area contributed by atoms with Gasteiger partial charge in [-0.1, -0.05) is 36.4 Å². The third-order valence-corrected chi connectivity index (χ3v) is 5.66. The lowest BCUT2D eigenvalue weighted by molar-refractivity contribution is 0.597. The Morgan fingerprint density at radius 1 is 0.933 bits per heavy atom. The summed E-state index contributed by atoms with van der Waals surface area (Å²) in [4.78, 5) is 4.31. The number of hydrogen-bond donors (Lipinski definition) is 1. The molecule has 30 heavy (non-hydrogen) atoms. The van der Waals surface area contributed by atoms with Crippen LogP contribution >= 0.6 is 0 Å². The Bertz CT molecular complexity index is 1270. The molecule has 0 fully saturated rings. The number of halogens is 1. The number of rotatable bonds is 6. The fourth-order valence-corrected chi connectivity index (χ4v) is 4.00. The maximum atomic E-state index is 13.4. The second kappa shape index (κ2) is 8.17. The van der Waals surface area contributed by atoms with E-state index in [0.29, 0.717) is 29.8 Å². The summed E-state index contributed by atoms with van der Waals surface area (Å²) in [6.07, 6.45) is 4.21. The number of primary sulfonamides is 1. The number of sulfonamides is 1. The van der Waals surface area contributed by atoms with Crippen LogP contribution in [0.2, 0.25) is 0 Å². The van der Waals surface area contributed by atoms with Gasteiger partial charge in [-0.25, -0.2) is 17.9 Å². The van der Waals surface area contributed by atoms with Crippen molar-refractivity contribution >= 4 is 10.0 Å². The third-order valence-electron chi connectivity index (χ3n) is 4.69. The van der Waals surface area contributed by atoms with Crippen molar-refractivity contribution < 1.29 is 12.8 Å². The molecule has 0 aliphatic rings. The quantitative estimate of drug-likeness (QED) is 0.514. The van der Waals surface area contributed by atoms with Gasteiger partial charge >= 0.3 is 0 Å². The minimum atomic E-state index is -3.95. The van der Waals surface area contributed by atoms with Crippen LogP contribution in [0.15, 0.2) is 84.0 Å². The molecule has 6 nitrogen and oxygen atoms in total. The van der Waals surface area contributed by atoms with Gasteiger partial charge in [0.15, 0.2) is 0 Å². The summed E-state index contributed by atoms with van der Waals surface area (Å²) in [5.74, 6) is -0.354. The molecule has 4 aromatic rings. The van der Waals surface area contributed by atoms with Crippen molar-refractivity contribution in [3.63, 3.8) is 0 Å². The Kier molecular flexibility index (Phi) is 5.43. The normalized spacial score (nSPS) is 11.5. The monoisotopic (exact) mass is 422 g/mol. The van der Waals surface area contributed by atoms with Crippen LogP contribution < -0.4 is 5.14 Å². The molecular weight excluding hydrogens is 403 g/mol. The maximum absolute atomic E-state index is 13.4. The van der Waals surface area contributed by atoms with E-state index in [1.165, 1.54) is 18.2 Å². The fourth-order valence-electron chi connectivity index (χ4n) is 3.26. The second-order valence-corrected chi connectivity index (χ2v) is 8.30. The number of benzene rings is 2. The summed E-state index contributed by atoms with van der Waals surface area (Å²) >= 11 is 0. The van der Waals surface area contributed by atoms with Crippen LogP contribution in [0.1, 0.15) is 5.69 Å². The van der Waals surface area contributed by atoms with Gasteiger partial charge in [0, 0.05) is 42.2 Å². The highest BCUT2D eigenvalue weighted by Crippen LogP contribution is 2.34. The number of nitrogens with two attached hydrogens (primary N) is 1. The summed E-state index contributed by atoms with van der Waals surface area (Å²) < 4.78 is 39.4. The fraction of sp³-hybridized carbons (Fsp3) is 0.0909. The van der Waals surface area contributed by atoms with Crippen LogP contribution in [0, 0.1) is 5.82 Å². The van der Waals surface area contributed by atoms with Crippen LogP contribution in [0.4, 0.5) is 4.39 Å². The summed E-state index contributed by atoms with van der Waals surface area (Å²) in [5, 5.41) is 10.1. The second-order valence-electron chi connectivity index (χ2n) is 6.77. The zero-order valence-corrected chi connectivity index (χ0v) is 16.8. The van der Waals surface area contributed by atoms with Crippen LogP contribution in [0.5, 0.6) is 0 Å². The minimum Gasteiger partial charge on any atom is -0.271 e. The highest BCUT2D eigenvalue weighted by molar-refractivity contribution is 7.89. The van der Waals surface area contributed by atoms with Gasteiger partial charge in [-0.15, -0.1) is 0 Å². The first kappa shape index (κ1) is 19.9. The first-order valence-corrected chi connectivity index (χ1v) is 10.8. The Balaban J connectivity index is 1.81. The molecule has 2 aromatic carbocycles. The topological polar surface area (TPSA) is 90.9 Å². The van der Waals surface area contributed by atoms with E-state index >= 15 is 0 Å². The van der Waals surface area contributed by atoms with Crippen LogP contribution in [-0.4, -0.2) is 23.2 Å². The summed E-state index contributed by atoms with van der Waals surface area (Å²) in [6, 6.07) is 18.1. The lowest BCUT2D eigenvalue weighted by atomic mass is 10.0. The molecular formula is C22H19FN4O2S. The van der Waals surface area contributed by atoms with E-state index < -0.39 is 10.0 Å². The molecule has 2 heterocycles. The largest absolute Gasteiger partial charge is 0.271 e. The number of aryl methyl sites for hydroxylation is 2. The number of aromatic nitrogens is 3. The standard InChI is InChI=1S/C22H19FN4O2S/c23-17-10-8-16(9-11-17)20-15-27(14-12-18-5-3-4-13-25-18)26-22(20)19-6-1-2-7-21(19)30(24,28)29/h1-11,13,15H,12,14H2,(H2,24,28,29). The molecule has 0 atom stereocenters. The lowest BCUT2D eigenvalue weighted by Crippen LogP contribution is -2.13. The molecule has 0 radical (unpaired) electrons. The Morgan fingerprint density at radius 2 is 1.67 bits per heavy atom. The summed E-state index contributed by atoms with van der Waals surface area (Å²) in [5.41, 5.74) is 3.19. The van der Waals surface area contributed by atoms with Gasteiger partial charge in [0.25, 0.3) is 0 Å². The molecule has 0 saturated heterocycles.